The van der Waals surface area contributed by atoms with Crippen molar-refractivity contribution in [2.75, 3.05) is 5.32 Å². The number of nitrogens with one attached hydrogen (secondary N) is 1. The summed E-state index contributed by atoms with van der Waals surface area (Å²) in [5.41, 5.74) is 14.2. The van der Waals surface area contributed by atoms with Crippen LogP contribution in [-0.2, 0) is 0 Å². The SMILES string of the molecule is C1=CC(C2Nc3c(ccc4ccc5cc(-c6ccc7c(c6)c6cc(-c8ccc9c(c8)c8ccccc8n9-c8ccccc8)ccc6n7-c6ccccc6)ccc5c34)O2)=CCC1. The minimum absolute atomic E-state index is 0.165. The van der Waals surface area contributed by atoms with E-state index in [0.29, 0.717) is 0 Å². The predicted molar refractivity (Wildman–Crippen MR) is 255 cm³/mol. The smallest absolute Gasteiger partial charge is 0.196 e. The van der Waals surface area contributed by atoms with E-state index < -0.39 is 0 Å². The van der Waals surface area contributed by atoms with E-state index in [0.717, 1.165) is 30.0 Å². The number of ether oxygens (including phenoxy) is 1. The van der Waals surface area contributed by atoms with E-state index in [-0.39, 0.29) is 6.23 Å². The van der Waals surface area contributed by atoms with Gasteiger partial charge >= 0.3 is 0 Å². The Labute approximate surface area is 352 Å². The van der Waals surface area contributed by atoms with Crippen LogP contribution in [0.5, 0.6) is 5.75 Å². The second-order valence-corrected chi connectivity index (χ2v) is 16.4. The van der Waals surface area contributed by atoms with Gasteiger partial charge in [-0.1, -0.05) is 121 Å². The molecule has 0 amide bonds. The van der Waals surface area contributed by atoms with Crippen LogP contribution in [0.1, 0.15) is 12.8 Å². The molecule has 1 atom stereocenters. The highest BCUT2D eigenvalue weighted by atomic mass is 16.5. The number of hydrogen-bond acceptors (Lipinski definition) is 2. The molecule has 11 aromatic rings. The lowest BCUT2D eigenvalue weighted by Crippen LogP contribution is -2.22. The fourth-order valence-electron chi connectivity index (χ4n) is 10.1. The molecule has 4 heteroatoms. The highest BCUT2D eigenvalue weighted by molar-refractivity contribution is 6.17. The summed E-state index contributed by atoms with van der Waals surface area (Å²) in [5, 5.41) is 13.5. The highest BCUT2D eigenvalue weighted by Crippen LogP contribution is 2.45. The molecular weight excluding hydrogens is 743 g/mol. The molecule has 4 nitrogen and oxygen atoms in total. The van der Waals surface area contributed by atoms with Crippen LogP contribution in [0, 0.1) is 0 Å². The van der Waals surface area contributed by atoms with Crippen molar-refractivity contribution in [2.24, 2.45) is 0 Å². The Kier molecular flexibility index (Phi) is 7.46. The zero-order valence-corrected chi connectivity index (χ0v) is 33.3. The van der Waals surface area contributed by atoms with Gasteiger partial charge in [0.25, 0.3) is 0 Å². The Morgan fingerprint density at radius 2 is 0.984 bits per heavy atom. The zero-order valence-electron chi connectivity index (χ0n) is 33.3. The third-order valence-electron chi connectivity index (χ3n) is 12.9. The Bertz CT molecular complexity index is 3650. The van der Waals surface area contributed by atoms with Gasteiger partial charge in [-0.25, -0.2) is 0 Å². The van der Waals surface area contributed by atoms with Gasteiger partial charge < -0.3 is 19.2 Å². The number of hydrogen-bond donors (Lipinski definition) is 1. The van der Waals surface area contributed by atoms with E-state index >= 15 is 0 Å². The molecule has 1 aliphatic carbocycles. The molecular formula is C57H39N3O. The first-order chi connectivity index (χ1) is 30.2. The third kappa shape index (κ3) is 5.32. The first-order valence-corrected chi connectivity index (χ1v) is 21.3. The fraction of sp³-hybridized carbons (Fsp3) is 0.0526. The van der Waals surface area contributed by atoms with Crippen molar-refractivity contribution >= 4 is 70.8 Å². The number of para-hydroxylation sites is 3. The Morgan fingerprint density at radius 3 is 1.62 bits per heavy atom. The second kappa shape index (κ2) is 13.4. The van der Waals surface area contributed by atoms with E-state index in [1.807, 2.05) is 0 Å². The van der Waals surface area contributed by atoms with Gasteiger partial charge in [-0.15, -0.1) is 0 Å². The minimum Gasteiger partial charge on any atom is -0.464 e. The topological polar surface area (TPSA) is 31.1 Å². The highest BCUT2D eigenvalue weighted by Gasteiger charge is 2.27. The molecule has 13 rings (SSSR count). The monoisotopic (exact) mass is 781 g/mol. The lowest BCUT2D eigenvalue weighted by atomic mass is 9.95. The molecule has 1 N–H and O–H groups in total. The van der Waals surface area contributed by atoms with E-state index in [1.54, 1.807) is 0 Å². The Morgan fingerprint density at radius 1 is 0.443 bits per heavy atom. The summed E-state index contributed by atoms with van der Waals surface area (Å²) in [5.74, 6) is 0.910. The first kappa shape index (κ1) is 34.1. The van der Waals surface area contributed by atoms with Crippen LogP contribution in [0.15, 0.2) is 206 Å². The van der Waals surface area contributed by atoms with Crippen molar-refractivity contribution in [2.45, 2.75) is 19.1 Å². The van der Waals surface area contributed by atoms with Crippen molar-refractivity contribution < 1.29 is 4.74 Å². The van der Waals surface area contributed by atoms with Crippen LogP contribution >= 0.6 is 0 Å². The van der Waals surface area contributed by atoms with E-state index in [2.05, 4.69) is 215 Å². The molecule has 61 heavy (non-hydrogen) atoms. The van der Waals surface area contributed by atoms with Gasteiger partial charge in [0.05, 0.1) is 27.8 Å². The van der Waals surface area contributed by atoms with Gasteiger partial charge in [0.15, 0.2) is 6.23 Å². The fourth-order valence-corrected chi connectivity index (χ4v) is 10.1. The van der Waals surface area contributed by atoms with Gasteiger partial charge in [0.2, 0.25) is 0 Å². The summed E-state index contributed by atoms with van der Waals surface area (Å²) in [6, 6.07) is 66.8. The average Bonchev–Trinajstić information content (AvgIpc) is 4.02. The Balaban J connectivity index is 0.949. The van der Waals surface area contributed by atoms with Crippen LogP contribution in [0.25, 0.3) is 98.8 Å². The van der Waals surface area contributed by atoms with E-state index in [4.69, 9.17) is 4.74 Å². The number of aromatic nitrogens is 2. The Hall–Kier alpha value is -7.82. The van der Waals surface area contributed by atoms with E-state index in [1.165, 1.54) is 98.7 Å². The summed E-state index contributed by atoms with van der Waals surface area (Å²) in [6.45, 7) is 0. The van der Waals surface area contributed by atoms with Crippen molar-refractivity contribution in [1.82, 2.24) is 9.13 Å². The largest absolute Gasteiger partial charge is 0.464 e. The molecule has 2 aromatic heterocycles. The maximum atomic E-state index is 6.46. The molecule has 288 valence electrons. The number of rotatable bonds is 5. The molecule has 9 aromatic carbocycles. The predicted octanol–water partition coefficient (Wildman–Crippen LogP) is 14.9. The molecule has 0 spiro atoms. The summed E-state index contributed by atoms with van der Waals surface area (Å²) in [4.78, 5) is 0. The zero-order chi connectivity index (χ0) is 40.0. The molecule has 0 saturated carbocycles. The maximum absolute atomic E-state index is 6.46. The second-order valence-electron chi connectivity index (χ2n) is 16.4. The van der Waals surface area contributed by atoms with Crippen molar-refractivity contribution in [3.05, 3.63) is 206 Å². The van der Waals surface area contributed by atoms with Gasteiger partial charge in [0, 0.05) is 43.9 Å². The van der Waals surface area contributed by atoms with Crippen molar-refractivity contribution in [1.29, 1.82) is 0 Å². The number of allylic oxidation sites excluding steroid dienone is 2. The molecule has 0 saturated heterocycles. The first-order valence-electron chi connectivity index (χ1n) is 21.3. The van der Waals surface area contributed by atoms with Crippen LogP contribution in [0.3, 0.4) is 0 Å². The maximum Gasteiger partial charge on any atom is 0.196 e. The standard InChI is InChI=1S/C57H39N3O/c1-4-12-37(13-5-1)57-58-56-54(61-57)31-26-36-20-21-42-32-38(22-27-45(42)55(36)56)39-23-29-52-48(34-39)49-35-41(25-30-53(49)60(52)44-16-8-3-9-17-44)40-24-28-51-47(33-40)46-18-10-11-19-50(46)59(51)43-14-6-2-7-15-43/h2-4,6-35,57-58H,1,5H2. The number of anilines is 1. The van der Waals surface area contributed by atoms with E-state index in [9.17, 15) is 0 Å². The lowest BCUT2D eigenvalue weighted by Gasteiger charge is -2.15. The number of benzene rings is 9. The van der Waals surface area contributed by atoms with Crippen molar-refractivity contribution in [3.8, 4) is 39.4 Å². The van der Waals surface area contributed by atoms with Crippen LogP contribution < -0.4 is 10.1 Å². The van der Waals surface area contributed by atoms with Gasteiger partial charge in [0.1, 0.15) is 5.75 Å². The summed E-state index contributed by atoms with van der Waals surface area (Å²) >= 11 is 0. The minimum atomic E-state index is -0.165. The summed E-state index contributed by atoms with van der Waals surface area (Å²) in [7, 11) is 0. The molecule has 0 bridgehead atoms. The number of fused-ring (bicyclic) bond motifs is 11. The number of nitrogens with zero attached hydrogens (tertiary/aromatic N) is 2. The quantitative estimate of drug-likeness (QED) is 0.176. The lowest BCUT2D eigenvalue weighted by molar-refractivity contribution is 0.293. The average molecular weight is 782 g/mol. The summed E-state index contributed by atoms with van der Waals surface area (Å²) in [6.07, 6.45) is 8.69. The molecule has 0 radical (unpaired) electrons. The van der Waals surface area contributed by atoms with Crippen LogP contribution in [-0.4, -0.2) is 15.4 Å². The third-order valence-corrected chi connectivity index (χ3v) is 12.9. The molecule has 1 unspecified atom stereocenters. The molecule has 1 aliphatic heterocycles. The van der Waals surface area contributed by atoms with Gasteiger partial charge in [-0.05, 0) is 130 Å². The van der Waals surface area contributed by atoms with Crippen LogP contribution in [0.2, 0.25) is 0 Å². The molecule has 3 heterocycles. The van der Waals surface area contributed by atoms with Crippen molar-refractivity contribution in [3.63, 3.8) is 0 Å². The molecule has 0 fully saturated rings. The summed E-state index contributed by atoms with van der Waals surface area (Å²) < 4.78 is 11.2. The molecule has 2 aliphatic rings. The van der Waals surface area contributed by atoms with Crippen LogP contribution in [0.4, 0.5) is 5.69 Å². The normalized spacial score (nSPS) is 14.9. The van der Waals surface area contributed by atoms with Gasteiger partial charge in [-0.3, -0.25) is 0 Å². The van der Waals surface area contributed by atoms with Gasteiger partial charge in [-0.2, -0.15) is 0 Å².